The summed E-state index contributed by atoms with van der Waals surface area (Å²) in [4.78, 5) is 0.0292. The first-order valence-electron chi connectivity index (χ1n) is 9.40. The van der Waals surface area contributed by atoms with Crippen LogP contribution in [0.3, 0.4) is 0 Å². The summed E-state index contributed by atoms with van der Waals surface area (Å²) in [5.41, 5.74) is 1.18. The Labute approximate surface area is 171 Å². The molecule has 0 aliphatic carbocycles. The predicted molar refractivity (Wildman–Crippen MR) is 114 cm³/mol. The average molecular weight is 436 g/mol. The lowest BCUT2D eigenvalue weighted by Gasteiger charge is -2.13. The summed E-state index contributed by atoms with van der Waals surface area (Å²) < 4.78 is 56.3. The number of unbranched alkanes of at least 4 members (excludes halogenated alkanes) is 1. The van der Waals surface area contributed by atoms with E-state index in [9.17, 15) is 16.8 Å². The summed E-state index contributed by atoms with van der Waals surface area (Å²) in [5, 5.41) is 3.28. The maximum atomic E-state index is 13.4. The van der Waals surface area contributed by atoms with E-state index in [4.69, 9.17) is 0 Å². The van der Waals surface area contributed by atoms with Crippen LogP contribution in [0.4, 0.5) is 0 Å². The van der Waals surface area contributed by atoms with Gasteiger partial charge in [0.25, 0.3) is 20.0 Å². The lowest BCUT2D eigenvalue weighted by Crippen LogP contribution is -2.28. The predicted octanol–water partition coefficient (Wildman–Crippen LogP) is 2.68. The van der Waals surface area contributed by atoms with Crippen LogP contribution in [-0.2, 0) is 26.6 Å². The molecule has 0 saturated carbocycles. The molecule has 3 rings (SSSR count). The second kappa shape index (κ2) is 8.66. The second-order valence-corrected chi connectivity index (χ2v) is 10.2. The summed E-state index contributed by atoms with van der Waals surface area (Å²) in [5.74, 6) is 0. The Bertz CT molecular complexity index is 1200. The van der Waals surface area contributed by atoms with Crippen molar-refractivity contribution in [2.45, 2.75) is 36.2 Å². The molecule has 0 radical (unpaired) electrons. The number of nitrogens with one attached hydrogen (secondary N) is 2. The molecule has 1 aromatic heterocycles. The molecule has 0 fully saturated rings. The third-order valence-electron chi connectivity index (χ3n) is 4.55. The van der Waals surface area contributed by atoms with Crippen molar-refractivity contribution < 1.29 is 16.8 Å². The Kier molecular flexibility index (Phi) is 6.42. The van der Waals surface area contributed by atoms with E-state index in [1.54, 1.807) is 37.4 Å². The topological polar surface area (TPSA) is 97.3 Å². The van der Waals surface area contributed by atoms with Crippen molar-refractivity contribution in [3.8, 4) is 0 Å². The number of benzene rings is 2. The number of rotatable bonds is 9. The van der Waals surface area contributed by atoms with E-state index in [-0.39, 0.29) is 16.5 Å². The van der Waals surface area contributed by atoms with Gasteiger partial charge in [-0.25, -0.2) is 25.5 Å². The summed E-state index contributed by atoms with van der Waals surface area (Å²) in [6.45, 7) is 2.73. The van der Waals surface area contributed by atoms with Gasteiger partial charge in [0.1, 0.15) is 0 Å². The number of nitrogens with zero attached hydrogens (tertiary/aromatic N) is 1. The van der Waals surface area contributed by atoms with E-state index < -0.39 is 20.0 Å². The Balaban J connectivity index is 2.27. The van der Waals surface area contributed by atoms with E-state index in [0.29, 0.717) is 23.9 Å². The molecule has 2 aromatic carbocycles. The molecule has 0 unspecified atom stereocenters. The van der Waals surface area contributed by atoms with Gasteiger partial charge in [-0.05, 0) is 43.3 Å². The van der Waals surface area contributed by atoms with Crippen LogP contribution in [0, 0.1) is 0 Å². The van der Waals surface area contributed by atoms with Gasteiger partial charge < -0.3 is 5.32 Å². The van der Waals surface area contributed by atoms with Crippen LogP contribution in [0.1, 0.15) is 25.3 Å². The molecule has 0 aliphatic heterocycles. The molecular formula is C20H25N3O4S2. The van der Waals surface area contributed by atoms with E-state index >= 15 is 0 Å². The highest BCUT2D eigenvalue weighted by Crippen LogP contribution is 2.29. The lowest BCUT2D eigenvalue weighted by molar-refractivity contribution is 0.564. The third kappa shape index (κ3) is 4.37. The largest absolute Gasteiger partial charge is 0.316 e. The van der Waals surface area contributed by atoms with Crippen LogP contribution in [0.5, 0.6) is 0 Å². The molecule has 2 N–H and O–H groups in total. The van der Waals surface area contributed by atoms with Crippen molar-refractivity contribution in [2.75, 3.05) is 13.6 Å². The van der Waals surface area contributed by atoms with Crippen LogP contribution in [-0.4, -0.2) is 34.4 Å². The highest BCUT2D eigenvalue weighted by Gasteiger charge is 2.29. The van der Waals surface area contributed by atoms with Crippen LogP contribution in [0.2, 0.25) is 0 Å². The zero-order valence-corrected chi connectivity index (χ0v) is 18.1. The van der Waals surface area contributed by atoms with Crippen LogP contribution >= 0.6 is 0 Å². The minimum atomic E-state index is -4.12. The molecule has 3 aromatic rings. The molecule has 9 heteroatoms. The standard InChI is InChI=1S/C20H25N3O4S2/c1-3-4-12-22-28(24,25)20-14-17-11-10-16(15-21-2)13-19(17)23(20)29(26,27)18-8-6-5-7-9-18/h5-11,13-14,21-22H,3-4,12,15H2,1-2H3. The summed E-state index contributed by atoms with van der Waals surface area (Å²) >= 11 is 0. The second-order valence-electron chi connectivity index (χ2n) is 6.74. The Morgan fingerprint density at radius 2 is 1.69 bits per heavy atom. The molecule has 0 spiro atoms. The molecule has 0 bridgehead atoms. The van der Waals surface area contributed by atoms with Gasteiger partial charge in [-0.1, -0.05) is 43.7 Å². The quantitative estimate of drug-likeness (QED) is 0.504. The molecule has 0 aliphatic rings. The first kappa shape index (κ1) is 21.5. The smallest absolute Gasteiger partial charge is 0.269 e. The van der Waals surface area contributed by atoms with Gasteiger partial charge in [-0.3, -0.25) is 0 Å². The number of hydrogen-bond donors (Lipinski definition) is 2. The van der Waals surface area contributed by atoms with Crippen LogP contribution in [0.25, 0.3) is 10.9 Å². The highest BCUT2D eigenvalue weighted by atomic mass is 32.2. The van der Waals surface area contributed by atoms with Crippen molar-refractivity contribution in [2.24, 2.45) is 0 Å². The molecule has 0 atom stereocenters. The van der Waals surface area contributed by atoms with Crippen molar-refractivity contribution >= 4 is 30.9 Å². The fourth-order valence-corrected chi connectivity index (χ4v) is 6.27. The van der Waals surface area contributed by atoms with Crippen molar-refractivity contribution in [1.82, 2.24) is 14.0 Å². The van der Waals surface area contributed by atoms with Crippen LogP contribution in [0.15, 0.2) is 64.5 Å². The Morgan fingerprint density at radius 3 is 2.34 bits per heavy atom. The lowest BCUT2D eigenvalue weighted by atomic mass is 10.2. The fraction of sp³-hybridized carbons (Fsp3) is 0.300. The van der Waals surface area contributed by atoms with Crippen LogP contribution < -0.4 is 10.0 Å². The van der Waals surface area contributed by atoms with E-state index in [1.807, 2.05) is 13.0 Å². The zero-order valence-electron chi connectivity index (χ0n) is 16.4. The summed E-state index contributed by atoms with van der Waals surface area (Å²) in [7, 11) is -6.36. The van der Waals surface area contributed by atoms with Gasteiger partial charge in [0.2, 0.25) is 0 Å². The molecular weight excluding hydrogens is 410 g/mol. The third-order valence-corrected chi connectivity index (χ3v) is 7.85. The molecule has 7 nitrogen and oxygen atoms in total. The maximum Gasteiger partial charge on any atom is 0.269 e. The number of sulfonamides is 1. The summed E-state index contributed by atoms with van der Waals surface area (Å²) in [6, 6.07) is 14.5. The molecule has 0 amide bonds. The fourth-order valence-electron chi connectivity index (χ4n) is 3.10. The highest BCUT2D eigenvalue weighted by molar-refractivity contribution is 7.92. The monoisotopic (exact) mass is 435 g/mol. The molecule has 0 saturated heterocycles. The normalized spacial score (nSPS) is 12.5. The zero-order chi connectivity index (χ0) is 21.1. The first-order chi connectivity index (χ1) is 13.8. The van der Waals surface area contributed by atoms with Gasteiger partial charge in [0, 0.05) is 18.5 Å². The van der Waals surface area contributed by atoms with Gasteiger partial charge in [-0.15, -0.1) is 0 Å². The van der Waals surface area contributed by atoms with Crippen molar-refractivity contribution in [3.05, 3.63) is 60.2 Å². The SMILES string of the molecule is CCCCNS(=O)(=O)c1cc2ccc(CNC)cc2n1S(=O)(=O)c1ccccc1. The van der Waals surface area contributed by atoms with Gasteiger partial charge in [0.05, 0.1) is 10.4 Å². The maximum absolute atomic E-state index is 13.4. The minimum Gasteiger partial charge on any atom is -0.316 e. The Morgan fingerprint density at radius 1 is 0.966 bits per heavy atom. The van der Waals surface area contributed by atoms with Gasteiger partial charge in [0.15, 0.2) is 5.03 Å². The summed E-state index contributed by atoms with van der Waals surface area (Å²) in [6.07, 6.45) is 1.48. The van der Waals surface area contributed by atoms with E-state index in [1.165, 1.54) is 18.2 Å². The van der Waals surface area contributed by atoms with Crippen molar-refractivity contribution in [1.29, 1.82) is 0 Å². The van der Waals surface area contributed by atoms with E-state index in [2.05, 4.69) is 10.0 Å². The van der Waals surface area contributed by atoms with Crippen molar-refractivity contribution in [3.63, 3.8) is 0 Å². The van der Waals surface area contributed by atoms with Gasteiger partial charge in [-0.2, -0.15) is 0 Å². The number of aromatic nitrogens is 1. The molecule has 156 valence electrons. The number of hydrogen-bond acceptors (Lipinski definition) is 5. The first-order valence-corrected chi connectivity index (χ1v) is 12.3. The number of fused-ring (bicyclic) bond motifs is 1. The minimum absolute atomic E-state index is 0.0292. The van der Waals surface area contributed by atoms with Gasteiger partial charge >= 0.3 is 0 Å². The van der Waals surface area contributed by atoms with E-state index in [0.717, 1.165) is 16.0 Å². The molecule has 29 heavy (non-hydrogen) atoms. The average Bonchev–Trinajstić information content (AvgIpc) is 3.10. The Hall–Kier alpha value is -2.20. The molecule has 1 heterocycles.